The van der Waals surface area contributed by atoms with Crippen LogP contribution in [0.1, 0.15) is 25.1 Å². The number of rotatable bonds is 5. The van der Waals surface area contributed by atoms with E-state index in [9.17, 15) is 0 Å². The molecule has 32 heavy (non-hydrogen) atoms. The third kappa shape index (κ3) is 3.78. The lowest BCUT2D eigenvalue weighted by molar-refractivity contribution is 0.174. The molecule has 2 aromatic carbocycles. The number of aromatic nitrogens is 2. The lowest BCUT2D eigenvalue weighted by Crippen LogP contribution is -2.29. The van der Waals surface area contributed by atoms with Crippen molar-refractivity contribution in [3.8, 4) is 34.3 Å². The van der Waals surface area contributed by atoms with E-state index in [2.05, 4.69) is 22.4 Å². The Morgan fingerprint density at radius 1 is 0.938 bits per heavy atom. The molecule has 7 heteroatoms. The molecule has 1 saturated heterocycles. The number of benzene rings is 2. The molecule has 1 fully saturated rings. The Balaban J connectivity index is 1.42. The summed E-state index contributed by atoms with van der Waals surface area (Å²) in [5.74, 6) is 3.48. The van der Waals surface area contributed by atoms with Crippen LogP contribution in [0.4, 0.5) is 0 Å². The van der Waals surface area contributed by atoms with Crippen LogP contribution in [0.3, 0.4) is 0 Å². The van der Waals surface area contributed by atoms with Gasteiger partial charge >= 0.3 is 0 Å². The van der Waals surface area contributed by atoms with Crippen molar-refractivity contribution in [2.24, 2.45) is 0 Å². The van der Waals surface area contributed by atoms with Crippen LogP contribution in [-0.4, -0.2) is 34.8 Å². The van der Waals surface area contributed by atoms with Gasteiger partial charge in [0.1, 0.15) is 16.4 Å². The quantitative estimate of drug-likeness (QED) is 0.383. The number of thiophene rings is 1. The van der Waals surface area contributed by atoms with Gasteiger partial charge in [0.15, 0.2) is 11.5 Å². The maximum atomic E-state index is 6.37. The molecular formula is C25H23N3O3S. The highest BCUT2D eigenvalue weighted by atomic mass is 32.1. The number of hydrogen-bond acceptors (Lipinski definition) is 7. The molecule has 0 radical (unpaired) electrons. The Labute approximate surface area is 190 Å². The molecule has 2 aromatic heterocycles. The number of ether oxygens (including phenoxy) is 3. The number of piperidine rings is 1. The number of nitrogens with zero attached hydrogens (tertiary/aromatic N) is 3. The Hall–Kier alpha value is -3.16. The summed E-state index contributed by atoms with van der Waals surface area (Å²) >= 11 is 1.64. The van der Waals surface area contributed by atoms with Gasteiger partial charge in [-0.2, -0.15) is 4.98 Å². The summed E-state index contributed by atoms with van der Waals surface area (Å²) in [5.41, 5.74) is 2.22. The van der Waals surface area contributed by atoms with Crippen molar-refractivity contribution >= 4 is 21.6 Å². The van der Waals surface area contributed by atoms with E-state index in [1.54, 1.807) is 11.3 Å². The van der Waals surface area contributed by atoms with Gasteiger partial charge in [0.25, 0.3) is 0 Å². The van der Waals surface area contributed by atoms with Gasteiger partial charge in [-0.15, -0.1) is 11.3 Å². The lowest BCUT2D eigenvalue weighted by atomic mass is 10.1. The summed E-state index contributed by atoms with van der Waals surface area (Å²) in [5, 5.41) is 3.09. The van der Waals surface area contributed by atoms with Gasteiger partial charge in [-0.3, -0.25) is 4.90 Å². The van der Waals surface area contributed by atoms with Crippen molar-refractivity contribution in [3.05, 3.63) is 59.7 Å². The largest absolute Gasteiger partial charge is 0.454 e. The van der Waals surface area contributed by atoms with Gasteiger partial charge in [0.05, 0.1) is 11.9 Å². The van der Waals surface area contributed by atoms with Gasteiger partial charge in [-0.1, -0.05) is 36.8 Å². The van der Waals surface area contributed by atoms with E-state index >= 15 is 0 Å². The summed E-state index contributed by atoms with van der Waals surface area (Å²) < 4.78 is 17.3. The monoisotopic (exact) mass is 445 g/mol. The first-order chi connectivity index (χ1) is 15.8. The Morgan fingerprint density at radius 3 is 2.66 bits per heavy atom. The van der Waals surface area contributed by atoms with E-state index in [1.165, 1.54) is 19.3 Å². The summed E-state index contributed by atoms with van der Waals surface area (Å²) in [6.07, 6.45) is 3.78. The van der Waals surface area contributed by atoms with E-state index < -0.39 is 0 Å². The summed E-state index contributed by atoms with van der Waals surface area (Å²) in [6, 6.07) is 15.9. The van der Waals surface area contributed by atoms with Gasteiger partial charge in [0.2, 0.25) is 12.7 Å². The predicted molar refractivity (Wildman–Crippen MR) is 125 cm³/mol. The highest BCUT2D eigenvalue weighted by Crippen LogP contribution is 2.41. The third-order valence-electron chi connectivity index (χ3n) is 5.90. The highest BCUT2D eigenvalue weighted by molar-refractivity contribution is 7.17. The fourth-order valence-corrected chi connectivity index (χ4v) is 5.25. The van der Waals surface area contributed by atoms with E-state index in [-0.39, 0.29) is 6.79 Å². The second kappa shape index (κ2) is 8.41. The minimum Gasteiger partial charge on any atom is -0.454 e. The van der Waals surface area contributed by atoms with Crippen LogP contribution in [-0.2, 0) is 6.54 Å². The Kier molecular flexibility index (Phi) is 5.13. The van der Waals surface area contributed by atoms with Crippen LogP contribution in [0.2, 0.25) is 0 Å². The van der Waals surface area contributed by atoms with Crippen LogP contribution in [0.25, 0.3) is 21.3 Å². The zero-order valence-electron chi connectivity index (χ0n) is 17.6. The van der Waals surface area contributed by atoms with Gasteiger partial charge in [-0.05, 0) is 43.6 Å². The molecule has 0 atom stereocenters. The normalized spacial score (nSPS) is 15.9. The molecule has 2 aliphatic heterocycles. The molecule has 0 saturated carbocycles. The van der Waals surface area contributed by atoms with E-state index in [0.717, 1.165) is 52.6 Å². The number of hydrogen-bond donors (Lipinski definition) is 0. The fourth-order valence-electron chi connectivity index (χ4n) is 4.30. The second-order valence-corrected chi connectivity index (χ2v) is 8.95. The molecule has 4 heterocycles. The Morgan fingerprint density at radius 2 is 1.78 bits per heavy atom. The van der Waals surface area contributed by atoms with Gasteiger partial charge < -0.3 is 14.2 Å². The first-order valence-electron chi connectivity index (χ1n) is 11.0. The van der Waals surface area contributed by atoms with Crippen molar-refractivity contribution in [1.29, 1.82) is 0 Å². The van der Waals surface area contributed by atoms with Crippen molar-refractivity contribution in [1.82, 2.24) is 14.9 Å². The average Bonchev–Trinajstić information content (AvgIpc) is 3.47. The van der Waals surface area contributed by atoms with E-state index in [4.69, 9.17) is 24.2 Å². The maximum absolute atomic E-state index is 6.37. The van der Waals surface area contributed by atoms with Crippen LogP contribution in [0.15, 0.2) is 53.9 Å². The zero-order valence-corrected chi connectivity index (χ0v) is 18.4. The van der Waals surface area contributed by atoms with E-state index in [0.29, 0.717) is 17.4 Å². The van der Waals surface area contributed by atoms with Crippen molar-refractivity contribution in [2.45, 2.75) is 25.8 Å². The van der Waals surface area contributed by atoms with Gasteiger partial charge in [0, 0.05) is 17.0 Å². The SMILES string of the molecule is c1ccc(-c2csc3nc(CN4CCCCC4)nc(Oc4ccc5c(c4)OCO5)c23)cc1. The predicted octanol–water partition coefficient (Wildman–Crippen LogP) is 5.87. The molecule has 0 amide bonds. The second-order valence-electron chi connectivity index (χ2n) is 8.09. The van der Waals surface area contributed by atoms with Crippen LogP contribution in [0, 0.1) is 0 Å². The standard InChI is InChI=1S/C25H23N3O3S/c1-3-7-17(8-4-1)19-15-32-25-23(19)24(26-22(27-25)14-28-11-5-2-6-12-28)31-18-9-10-20-21(13-18)30-16-29-20/h1,3-4,7-10,13,15H,2,5-6,11-12,14,16H2. The smallest absolute Gasteiger partial charge is 0.232 e. The minimum absolute atomic E-state index is 0.235. The molecular weight excluding hydrogens is 422 g/mol. The van der Waals surface area contributed by atoms with Crippen molar-refractivity contribution < 1.29 is 14.2 Å². The topological polar surface area (TPSA) is 56.7 Å². The molecule has 4 aromatic rings. The first kappa shape index (κ1) is 19.5. The third-order valence-corrected chi connectivity index (χ3v) is 6.78. The molecule has 2 aliphatic rings. The van der Waals surface area contributed by atoms with Crippen molar-refractivity contribution in [3.63, 3.8) is 0 Å². The molecule has 0 aliphatic carbocycles. The zero-order chi connectivity index (χ0) is 21.3. The summed E-state index contributed by atoms with van der Waals surface area (Å²) in [4.78, 5) is 13.2. The number of fused-ring (bicyclic) bond motifs is 2. The molecule has 0 bridgehead atoms. The minimum atomic E-state index is 0.235. The number of likely N-dealkylation sites (tertiary alicyclic amines) is 1. The highest BCUT2D eigenvalue weighted by Gasteiger charge is 2.20. The summed E-state index contributed by atoms with van der Waals surface area (Å²) in [7, 11) is 0. The van der Waals surface area contributed by atoms with Crippen molar-refractivity contribution in [2.75, 3.05) is 19.9 Å². The molecule has 6 nitrogen and oxygen atoms in total. The molecule has 162 valence electrons. The van der Waals surface area contributed by atoms with Crippen LogP contribution in [0.5, 0.6) is 23.1 Å². The lowest BCUT2D eigenvalue weighted by Gasteiger charge is -2.25. The maximum Gasteiger partial charge on any atom is 0.232 e. The van der Waals surface area contributed by atoms with E-state index in [1.807, 2.05) is 36.4 Å². The molecule has 6 rings (SSSR count). The fraction of sp³-hybridized carbons (Fsp3) is 0.280. The van der Waals surface area contributed by atoms with Crippen LogP contribution < -0.4 is 14.2 Å². The Bertz CT molecular complexity index is 1250. The molecule has 0 unspecified atom stereocenters. The first-order valence-corrected chi connectivity index (χ1v) is 11.8. The van der Waals surface area contributed by atoms with Crippen LogP contribution >= 0.6 is 11.3 Å². The molecule has 0 spiro atoms. The molecule has 0 N–H and O–H groups in total. The van der Waals surface area contributed by atoms with Gasteiger partial charge in [-0.25, -0.2) is 4.98 Å². The average molecular weight is 446 g/mol. The summed E-state index contributed by atoms with van der Waals surface area (Å²) in [6.45, 7) is 3.17.